The molecule has 1 aliphatic heterocycles. The zero-order valence-corrected chi connectivity index (χ0v) is 14.6. The number of aliphatic imine (C=N–C) groups is 1. The lowest BCUT2D eigenvalue weighted by molar-refractivity contribution is 0.181. The van der Waals surface area contributed by atoms with Crippen molar-refractivity contribution in [2.75, 3.05) is 46.2 Å². The molecule has 1 saturated heterocycles. The molecule has 0 amide bonds. The van der Waals surface area contributed by atoms with Crippen molar-refractivity contribution in [1.82, 2.24) is 10.2 Å². The van der Waals surface area contributed by atoms with Crippen molar-refractivity contribution in [3.05, 3.63) is 30.3 Å². The first-order valence-corrected chi connectivity index (χ1v) is 9.45. The molecule has 1 unspecified atom stereocenters. The van der Waals surface area contributed by atoms with Gasteiger partial charge in [-0.05, 0) is 18.6 Å². The Kier molecular flexibility index (Phi) is 6.41. The van der Waals surface area contributed by atoms with Crippen LogP contribution < -0.4 is 5.32 Å². The highest BCUT2D eigenvalue weighted by Gasteiger charge is 2.19. The Balaban J connectivity index is 1.83. The van der Waals surface area contributed by atoms with Gasteiger partial charge in [-0.3, -0.25) is 4.99 Å². The van der Waals surface area contributed by atoms with Gasteiger partial charge in [-0.15, -0.1) is 0 Å². The van der Waals surface area contributed by atoms with Gasteiger partial charge in [0.05, 0.1) is 17.3 Å². The third kappa shape index (κ3) is 5.21. The summed E-state index contributed by atoms with van der Waals surface area (Å²) in [5.41, 5.74) is 0. The Labute approximate surface area is 138 Å². The number of benzene rings is 1. The summed E-state index contributed by atoms with van der Waals surface area (Å²) in [6, 6.07) is 8.51. The van der Waals surface area contributed by atoms with E-state index < -0.39 is 9.84 Å². The average Bonchev–Trinajstić information content (AvgIpc) is 3.05. The SMILES string of the molecule is CN=C(NCCS(=O)(=O)c1ccccc1)N(C)CC1CCOC1. The highest BCUT2D eigenvalue weighted by Crippen LogP contribution is 2.13. The summed E-state index contributed by atoms with van der Waals surface area (Å²) in [5.74, 6) is 1.25. The summed E-state index contributed by atoms with van der Waals surface area (Å²) in [7, 11) is 0.393. The van der Waals surface area contributed by atoms with Crippen molar-refractivity contribution in [3.63, 3.8) is 0 Å². The third-order valence-electron chi connectivity index (χ3n) is 3.89. The maximum atomic E-state index is 12.2. The molecule has 1 heterocycles. The van der Waals surface area contributed by atoms with Crippen LogP contribution in [-0.4, -0.2) is 65.4 Å². The molecule has 7 heteroatoms. The molecule has 6 nitrogen and oxygen atoms in total. The van der Waals surface area contributed by atoms with Gasteiger partial charge in [0.1, 0.15) is 0 Å². The first-order valence-electron chi connectivity index (χ1n) is 7.80. The van der Waals surface area contributed by atoms with Crippen LogP contribution in [0.15, 0.2) is 40.2 Å². The molecule has 1 N–H and O–H groups in total. The molecule has 2 rings (SSSR count). The summed E-state index contributed by atoms with van der Waals surface area (Å²) in [4.78, 5) is 6.60. The number of nitrogens with one attached hydrogen (secondary N) is 1. The van der Waals surface area contributed by atoms with Gasteiger partial charge in [-0.2, -0.15) is 0 Å². The third-order valence-corrected chi connectivity index (χ3v) is 5.62. The average molecular weight is 339 g/mol. The second-order valence-corrected chi connectivity index (χ2v) is 7.83. The van der Waals surface area contributed by atoms with E-state index in [0.717, 1.165) is 26.2 Å². The Hall–Kier alpha value is -1.60. The first kappa shape index (κ1) is 17.7. The van der Waals surface area contributed by atoms with Gasteiger partial charge in [-0.25, -0.2) is 8.42 Å². The Morgan fingerprint density at radius 2 is 2.13 bits per heavy atom. The Bertz CT molecular complexity index is 611. The van der Waals surface area contributed by atoms with E-state index in [1.165, 1.54) is 0 Å². The second kappa shape index (κ2) is 8.31. The topological polar surface area (TPSA) is 71.0 Å². The van der Waals surface area contributed by atoms with Crippen LogP contribution in [0.5, 0.6) is 0 Å². The minimum absolute atomic E-state index is 0.0381. The van der Waals surface area contributed by atoms with E-state index in [1.807, 2.05) is 11.9 Å². The van der Waals surface area contributed by atoms with Gasteiger partial charge in [0.15, 0.2) is 15.8 Å². The fourth-order valence-electron chi connectivity index (χ4n) is 2.63. The monoisotopic (exact) mass is 339 g/mol. The number of nitrogens with zero attached hydrogens (tertiary/aromatic N) is 2. The van der Waals surface area contributed by atoms with E-state index >= 15 is 0 Å². The van der Waals surface area contributed by atoms with Gasteiger partial charge in [0, 0.05) is 39.7 Å². The minimum Gasteiger partial charge on any atom is -0.381 e. The molecule has 0 radical (unpaired) electrons. The van der Waals surface area contributed by atoms with E-state index in [9.17, 15) is 8.42 Å². The van der Waals surface area contributed by atoms with Gasteiger partial charge in [-0.1, -0.05) is 18.2 Å². The largest absolute Gasteiger partial charge is 0.381 e. The summed E-state index contributed by atoms with van der Waals surface area (Å²) in [5, 5.41) is 3.12. The zero-order chi connectivity index (χ0) is 16.7. The van der Waals surface area contributed by atoms with E-state index in [0.29, 0.717) is 23.3 Å². The van der Waals surface area contributed by atoms with Crippen molar-refractivity contribution in [3.8, 4) is 0 Å². The predicted octanol–water partition coefficient (Wildman–Crippen LogP) is 1.00. The van der Waals surface area contributed by atoms with E-state index in [2.05, 4.69) is 10.3 Å². The lowest BCUT2D eigenvalue weighted by atomic mass is 10.1. The van der Waals surface area contributed by atoms with Gasteiger partial charge in [0.25, 0.3) is 0 Å². The van der Waals surface area contributed by atoms with E-state index in [1.54, 1.807) is 37.4 Å². The summed E-state index contributed by atoms with van der Waals surface area (Å²) in [6.07, 6.45) is 1.06. The number of guanidine groups is 1. The predicted molar refractivity (Wildman–Crippen MR) is 91.4 cm³/mol. The number of rotatable bonds is 6. The molecule has 1 fully saturated rings. The molecule has 0 spiro atoms. The van der Waals surface area contributed by atoms with Crippen LogP contribution in [0.3, 0.4) is 0 Å². The van der Waals surface area contributed by atoms with Crippen LogP contribution >= 0.6 is 0 Å². The molecule has 0 bridgehead atoms. The molecule has 0 aliphatic carbocycles. The first-order chi connectivity index (χ1) is 11.0. The molecule has 0 aromatic heterocycles. The Morgan fingerprint density at radius 1 is 1.39 bits per heavy atom. The summed E-state index contributed by atoms with van der Waals surface area (Å²) in [6.45, 7) is 2.78. The maximum absolute atomic E-state index is 12.2. The van der Waals surface area contributed by atoms with E-state index in [-0.39, 0.29) is 5.75 Å². The van der Waals surface area contributed by atoms with Crippen molar-refractivity contribution >= 4 is 15.8 Å². The number of ether oxygens (including phenoxy) is 1. The van der Waals surface area contributed by atoms with Crippen molar-refractivity contribution in [2.24, 2.45) is 10.9 Å². The van der Waals surface area contributed by atoms with Crippen molar-refractivity contribution in [2.45, 2.75) is 11.3 Å². The fraction of sp³-hybridized carbons (Fsp3) is 0.562. The van der Waals surface area contributed by atoms with Gasteiger partial charge < -0.3 is 15.0 Å². The van der Waals surface area contributed by atoms with Crippen molar-refractivity contribution < 1.29 is 13.2 Å². The smallest absolute Gasteiger partial charge is 0.193 e. The van der Waals surface area contributed by atoms with Crippen LogP contribution in [0.1, 0.15) is 6.42 Å². The molecular weight excluding hydrogens is 314 g/mol. The standard InChI is InChI=1S/C16H25N3O3S/c1-17-16(19(2)12-14-8-10-22-13-14)18-9-11-23(20,21)15-6-4-3-5-7-15/h3-7,14H,8-13H2,1-2H3,(H,17,18). The molecule has 1 aromatic rings. The lowest BCUT2D eigenvalue weighted by Crippen LogP contribution is -2.43. The number of hydrogen-bond donors (Lipinski definition) is 1. The molecule has 1 aliphatic rings. The fourth-order valence-corrected chi connectivity index (χ4v) is 3.81. The van der Waals surface area contributed by atoms with Crippen LogP contribution in [0, 0.1) is 5.92 Å². The quantitative estimate of drug-likeness (QED) is 0.618. The Morgan fingerprint density at radius 3 is 2.74 bits per heavy atom. The molecule has 0 saturated carbocycles. The summed E-state index contributed by atoms with van der Waals surface area (Å²) < 4.78 is 29.9. The second-order valence-electron chi connectivity index (χ2n) is 5.72. The van der Waals surface area contributed by atoms with Crippen LogP contribution in [0.2, 0.25) is 0 Å². The molecule has 1 atom stereocenters. The highest BCUT2D eigenvalue weighted by molar-refractivity contribution is 7.91. The van der Waals surface area contributed by atoms with Crippen LogP contribution in [0.4, 0.5) is 0 Å². The zero-order valence-electron chi connectivity index (χ0n) is 13.7. The molecule has 23 heavy (non-hydrogen) atoms. The highest BCUT2D eigenvalue weighted by atomic mass is 32.2. The number of hydrogen-bond acceptors (Lipinski definition) is 4. The maximum Gasteiger partial charge on any atom is 0.193 e. The van der Waals surface area contributed by atoms with Crippen LogP contribution in [0.25, 0.3) is 0 Å². The van der Waals surface area contributed by atoms with E-state index in [4.69, 9.17) is 4.74 Å². The van der Waals surface area contributed by atoms with Gasteiger partial charge in [0.2, 0.25) is 0 Å². The molecule has 1 aromatic carbocycles. The lowest BCUT2D eigenvalue weighted by Gasteiger charge is -2.24. The molecule has 128 valence electrons. The molecular formula is C16H25N3O3S. The van der Waals surface area contributed by atoms with Crippen molar-refractivity contribution in [1.29, 1.82) is 0 Å². The normalized spacial score (nSPS) is 18.9. The minimum atomic E-state index is -3.27. The number of sulfone groups is 1. The van der Waals surface area contributed by atoms with Gasteiger partial charge >= 0.3 is 0 Å². The summed E-state index contributed by atoms with van der Waals surface area (Å²) >= 11 is 0. The van der Waals surface area contributed by atoms with Crippen LogP contribution in [-0.2, 0) is 14.6 Å².